The molecule has 31 heavy (non-hydrogen) atoms. The fourth-order valence-corrected chi connectivity index (χ4v) is 5.09. The molecule has 1 aromatic carbocycles. The van der Waals surface area contributed by atoms with Crippen LogP contribution in [0.3, 0.4) is 0 Å². The number of benzene rings is 1. The molecule has 2 fully saturated rings. The Morgan fingerprint density at radius 1 is 1.19 bits per heavy atom. The summed E-state index contributed by atoms with van der Waals surface area (Å²) in [5.74, 6) is 0.526. The van der Waals surface area contributed by atoms with Crippen molar-refractivity contribution in [2.75, 3.05) is 23.3 Å². The average molecular weight is 422 g/mol. The van der Waals surface area contributed by atoms with Crippen LogP contribution in [0, 0.1) is 19.3 Å². The van der Waals surface area contributed by atoms with E-state index in [9.17, 15) is 9.59 Å². The van der Waals surface area contributed by atoms with Crippen molar-refractivity contribution in [1.82, 2.24) is 14.8 Å². The van der Waals surface area contributed by atoms with Gasteiger partial charge in [0.1, 0.15) is 12.1 Å². The van der Waals surface area contributed by atoms with E-state index in [4.69, 9.17) is 4.42 Å². The van der Waals surface area contributed by atoms with E-state index in [-0.39, 0.29) is 18.0 Å². The molecule has 1 saturated carbocycles. The smallest absolute Gasteiger partial charge is 0.270 e. The number of nitrogens with one attached hydrogen (secondary N) is 1. The van der Waals surface area contributed by atoms with Gasteiger partial charge in [-0.3, -0.25) is 9.59 Å². The average Bonchev–Trinajstić information content (AvgIpc) is 3.50. The Balaban J connectivity index is 1.37. The summed E-state index contributed by atoms with van der Waals surface area (Å²) in [6.07, 6.45) is 7.71. The molecule has 0 bridgehead atoms. The predicted octanol–water partition coefficient (Wildman–Crippen LogP) is 3.41. The lowest BCUT2D eigenvalue weighted by atomic mass is 9.86. The van der Waals surface area contributed by atoms with E-state index in [1.54, 1.807) is 18.2 Å². The third-order valence-corrected chi connectivity index (χ3v) is 6.98. The molecule has 1 N–H and O–H groups in total. The molecule has 0 radical (unpaired) electrons. The van der Waals surface area contributed by atoms with Gasteiger partial charge >= 0.3 is 0 Å². The fraction of sp³-hybridized carbons (Fsp3) is 0.478. The first-order valence-electron chi connectivity index (χ1n) is 10.9. The highest BCUT2D eigenvalue weighted by atomic mass is 16.3. The second-order valence-corrected chi connectivity index (χ2v) is 9.00. The maximum absolute atomic E-state index is 12.8. The fourth-order valence-electron chi connectivity index (χ4n) is 5.09. The zero-order valence-corrected chi connectivity index (χ0v) is 18.0. The molecule has 1 spiro atoms. The Bertz CT molecular complexity index is 1210. The number of anilines is 2. The van der Waals surface area contributed by atoms with Crippen molar-refractivity contribution in [3.63, 3.8) is 0 Å². The summed E-state index contributed by atoms with van der Waals surface area (Å²) in [5, 5.41) is 7.46. The third-order valence-electron chi connectivity index (χ3n) is 6.98. The molecule has 1 aliphatic heterocycles. The molecule has 5 rings (SSSR count). The monoisotopic (exact) mass is 421 g/mol. The number of nitrogens with zero attached hydrogens (tertiary/aromatic N) is 4. The summed E-state index contributed by atoms with van der Waals surface area (Å²) in [7, 11) is 0. The molecule has 3 aromatic rings. The Hall–Kier alpha value is -3.16. The van der Waals surface area contributed by atoms with Crippen LogP contribution in [-0.4, -0.2) is 33.8 Å². The minimum atomic E-state index is -0.305. The van der Waals surface area contributed by atoms with Crippen molar-refractivity contribution in [2.24, 2.45) is 5.41 Å². The summed E-state index contributed by atoms with van der Waals surface area (Å²) in [6.45, 7) is 5.58. The highest BCUT2D eigenvalue weighted by molar-refractivity contribution is 5.92. The number of amides is 1. The normalized spacial score (nSPS) is 17.7. The van der Waals surface area contributed by atoms with Crippen LogP contribution < -0.4 is 15.8 Å². The number of oxazole rings is 1. The van der Waals surface area contributed by atoms with Gasteiger partial charge in [-0.05, 0) is 56.7 Å². The minimum Gasteiger partial charge on any atom is -0.443 e. The molecule has 162 valence electrons. The van der Waals surface area contributed by atoms with Crippen molar-refractivity contribution in [3.8, 4) is 0 Å². The van der Waals surface area contributed by atoms with Crippen molar-refractivity contribution >= 4 is 28.5 Å². The second kappa shape index (κ2) is 7.51. The molecule has 0 atom stereocenters. The van der Waals surface area contributed by atoms with Gasteiger partial charge in [0.15, 0.2) is 17.8 Å². The van der Waals surface area contributed by atoms with Crippen LogP contribution in [0.2, 0.25) is 0 Å². The SMILES string of the molecule is Cc1c(N2CCC3(CCCC3)C2)nn(CC(=O)Nc2ccc3ocnc3c2)c(=O)c1C. The number of hydrogen-bond acceptors (Lipinski definition) is 6. The third kappa shape index (κ3) is 3.60. The van der Waals surface area contributed by atoms with Crippen molar-refractivity contribution in [3.05, 3.63) is 46.1 Å². The molecule has 1 amide bonds. The van der Waals surface area contributed by atoms with Gasteiger partial charge in [0, 0.05) is 29.9 Å². The molecule has 2 aliphatic rings. The zero-order valence-electron chi connectivity index (χ0n) is 18.0. The van der Waals surface area contributed by atoms with Gasteiger partial charge in [0.05, 0.1) is 0 Å². The number of carbonyl (C=O) groups excluding carboxylic acids is 1. The number of hydrogen-bond donors (Lipinski definition) is 1. The Morgan fingerprint density at radius 3 is 2.81 bits per heavy atom. The molecule has 3 heterocycles. The number of aromatic nitrogens is 3. The van der Waals surface area contributed by atoms with Gasteiger partial charge < -0.3 is 14.6 Å². The molecule has 8 nitrogen and oxygen atoms in total. The second-order valence-electron chi connectivity index (χ2n) is 9.00. The number of carbonyl (C=O) groups is 1. The van der Waals surface area contributed by atoms with Crippen LogP contribution in [-0.2, 0) is 11.3 Å². The Labute approximate surface area is 180 Å². The van der Waals surface area contributed by atoms with Crippen molar-refractivity contribution < 1.29 is 9.21 Å². The van der Waals surface area contributed by atoms with Gasteiger partial charge in [0.25, 0.3) is 5.56 Å². The molecule has 1 aliphatic carbocycles. The van der Waals surface area contributed by atoms with Crippen LogP contribution in [0.15, 0.2) is 33.8 Å². The quantitative estimate of drug-likeness (QED) is 0.694. The topological polar surface area (TPSA) is 93.3 Å². The van der Waals surface area contributed by atoms with Crippen LogP contribution in [0.25, 0.3) is 11.1 Å². The minimum absolute atomic E-state index is 0.136. The standard InChI is InChI=1S/C23H27N5O3/c1-15-16(2)22(30)28(26-21(15)27-10-9-23(13-27)7-3-4-8-23)12-20(29)25-17-5-6-19-18(11-17)24-14-31-19/h5-6,11,14H,3-4,7-10,12-13H2,1-2H3,(H,25,29). The maximum atomic E-state index is 12.8. The molecular weight excluding hydrogens is 394 g/mol. The molecule has 8 heteroatoms. The van der Waals surface area contributed by atoms with Crippen LogP contribution in [0.1, 0.15) is 43.2 Å². The molecule has 2 aromatic heterocycles. The van der Waals surface area contributed by atoms with Gasteiger partial charge in [-0.2, -0.15) is 5.10 Å². The van der Waals surface area contributed by atoms with E-state index >= 15 is 0 Å². The predicted molar refractivity (Wildman–Crippen MR) is 118 cm³/mol. The van der Waals surface area contributed by atoms with Gasteiger partial charge in [0.2, 0.25) is 5.91 Å². The van der Waals surface area contributed by atoms with Crippen LogP contribution in [0.5, 0.6) is 0 Å². The summed E-state index contributed by atoms with van der Waals surface area (Å²) in [4.78, 5) is 31.9. The largest absolute Gasteiger partial charge is 0.443 e. The number of fused-ring (bicyclic) bond motifs is 1. The molecule has 0 unspecified atom stereocenters. The highest BCUT2D eigenvalue weighted by Crippen LogP contribution is 2.46. The summed E-state index contributed by atoms with van der Waals surface area (Å²) in [6, 6.07) is 5.24. The van der Waals surface area contributed by atoms with E-state index in [2.05, 4.69) is 20.3 Å². The van der Waals surface area contributed by atoms with E-state index < -0.39 is 0 Å². The Morgan fingerprint density at radius 2 is 2.00 bits per heavy atom. The highest BCUT2D eigenvalue weighted by Gasteiger charge is 2.41. The first-order chi connectivity index (χ1) is 14.9. The lowest BCUT2D eigenvalue weighted by Gasteiger charge is -2.25. The lowest BCUT2D eigenvalue weighted by molar-refractivity contribution is -0.117. The van der Waals surface area contributed by atoms with Crippen molar-refractivity contribution in [2.45, 2.75) is 52.5 Å². The van der Waals surface area contributed by atoms with Gasteiger partial charge in [-0.15, -0.1) is 0 Å². The van der Waals surface area contributed by atoms with E-state index in [1.807, 2.05) is 13.8 Å². The van der Waals surface area contributed by atoms with Gasteiger partial charge in [-0.25, -0.2) is 9.67 Å². The van der Waals surface area contributed by atoms with E-state index in [0.717, 1.165) is 24.5 Å². The van der Waals surface area contributed by atoms with Crippen LogP contribution >= 0.6 is 0 Å². The first-order valence-corrected chi connectivity index (χ1v) is 10.9. The molecular formula is C23H27N5O3. The van der Waals surface area contributed by atoms with E-state index in [0.29, 0.717) is 27.8 Å². The molecule has 1 saturated heterocycles. The Kier molecular flexibility index (Phi) is 4.79. The van der Waals surface area contributed by atoms with Gasteiger partial charge in [-0.1, -0.05) is 12.8 Å². The lowest BCUT2D eigenvalue weighted by Crippen LogP contribution is -2.35. The van der Waals surface area contributed by atoms with E-state index in [1.165, 1.54) is 43.2 Å². The van der Waals surface area contributed by atoms with Crippen molar-refractivity contribution in [1.29, 1.82) is 0 Å². The zero-order chi connectivity index (χ0) is 21.6. The maximum Gasteiger partial charge on any atom is 0.270 e. The first kappa shape index (κ1) is 19.8. The number of rotatable bonds is 4. The summed E-state index contributed by atoms with van der Waals surface area (Å²) >= 11 is 0. The summed E-state index contributed by atoms with van der Waals surface area (Å²) < 4.78 is 6.52. The summed E-state index contributed by atoms with van der Waals surface area (Å²) in [5.41, 5.74) is 3.66. The van der Waals surface area contributed by atoms with Crippen LogP contribution in [0.4, 0.5) is 11.5 Å².